The molecule has 0 saturated carbocycles. The third-order valence-electron chi connectivity index (χ3n) is 5.27. The molecule has 0 radical (unpaired) electrons. The van der Waals surface area contributed by atoms with E-state index in [0.717, 1.165) is 22.2 Å². The molecular weight excluding hydrogens is 571 g/mol. The van der Waals surface area contributed by atoms with Gasteiger partial charge in [-0.2, -0.15) is 0 Å². The van der Waals surface area contributed by atoms with E-state index in [-0.39, 0.29) is 11.5 Å². The van der Waals surface area contributed by atoms with Crippen LogP contribution in [0.25, 0.3) is 6.08 Å². The van der Waals surface area contributed by atoms with Crippen molar-refractivity contribution in [3.63, 3.8) is 0 Å². The van der Waals surface area contributed by atoms with Crippen molar-refractivity contribution in [1.29, 1.82) is 0 Å². The molecule has 0 aromatic heterocycles. The Morgan fingerprint density at radius 2 is 1.74 bits per heavy atom. The molecular formula is C27H21Cl3N2O5S. The third-order valence-corrected chi connectivity index (χ3v) is 7.24. The molecule has 0 aliphatic carbocycles. The fourth-order valence-corrected chi connectivity index (χ4v) is 4.82. The van der Waals surface area contributed by atoms with Gasteiger partial charge in [0, 0.05) is 0 Å². The number of thioether (sulfide) groups is 1. The molecule has 196 valence electrons. The molecule has 0 bridgehead atoms. The van der Waals surface area contributed by atoms with Gasteiger partial charge in [-0.3, -0.25) is 19.3 Å². The molecule has 0 spiro atoms. The van der Waals surface area contributed by atoms with Crippen molar-refractivity contribution in [3.8, 4) is 11.5 Å². The second-order valence-corrected chi connectivity index (χ2v) is 10.2. The number of ether oxygens (including phenoxy) is 2. The minimum absolute atomic E-state index is 0.187. The first kappa shape index (κ1) is 27.9. The molecule has 1 N–H and O–H groups in total. The Morgan fingerprint density at radius 3 is 2.47 bits per heavy atom. The van der Waals surface area contributed by atoms with Crippen LogP contribution < -0.4 is 14.8 Å². The van der Waals surface area contributed by atoms with Gasteiger partial charge in [-0.25, -0.2) is 0 Å². The predicted molar refractivity (Wildman–Crippen MR) is 151 cm³/mol. The number of nitrogens with one attached hydrogen (secondary N) is 1. The van der Waals surface area contributed by atoms with E-state index in [2.05, 4.69) is 5.32 Å². The number of para-hydroxylation sites is 1. The monoisotopic (exact) mass is 590 g/mol. The molecule has 38 heavy (non-hydrogen) atoms. The van der Waals surface area contributed by atoms with E-state index in [1.165, 1.54) is 0 Å². The Bertz CT molecular complexity index is 1430. The van der Waals surface area contributed by atoms with Crippen molar-refractivity contribution in [2.24, 2.45) is 0 Å². The highest BCUT2D eigenvalue weighted by Gasteiger charge is 2.36. The van der Waals surface area contributed by atoms with Crippen LogP contribution in [-0.2, 0) is 16.2 Å². The van der Waals surface area contributed by atoms with Crippen LogP contribution in [0.15, 0.2) is 65.6 Å². The van der Waals surface area contributed by atoms with Crippen LogP contribution >= 0.6 is 46.6 Å². The molecule has 1 aliphatic heterocycles. The highest BCUT2D eigenvalue weighted by atomic mass is 35.5. The van der Waals surface area contributed by atoms with Crippen LogP contribution in [0.2, 0.25) is 15.1 Å². The van der Waals surface area contributed by atoms with Crippen molar-refractivity contribution >= 4 is 75.4 Å². The first-order valence-corrected chi connectivity index (χ1v) is 13.3. The van der Waals surface area contributed by atoms with Gasteiger partial charge in [0.15, 0.2) is 11.5 Å². The number of hydrogen-bond acceptors (Lipinski definition) is 6. The maximum Gasteiger partial charge on any atom is 0.294 e. The predicted octanol–water partition coefficient (Wildman–Crippen LogP) is 7.30. The fraction of sp³-hybridized carbons (Fsp3) is 0.148. The molecule has 3 aromatic rings. The molecule has 4 rings (SSSR count). The van der Waals surface area contributed by atoms with Crippen molar-refractivity contribution in [1.82, 2.24) is 4.90 Å². The highest BCUT2D eigenvalue weighted by Crippen LogP contribution is 2.35. The van der Waals surface area contributed by atoms with Crippen molar-refractivity contribution in [3.05, 3.63) is 91.8 Å². The number of carbonyl (C=O) groups is 3. The molecule has 3 amide bonds. The first-order chi connectivity index (χ1) is 18.2. The fourth-order valence-electron chi connectivity index (χ4n) is 3.48. The highest BCUT2D eigenvalue weighted by molar-refractivity contribution is 8.18. The van der Waals surface area contributed by atoms with Crippen LogP contribution in [-0.4, -0.2) is 35.1 Å². The third kappa shape index (κ3) is 6.82. The average Bonchev–Trinajstić information content (AvgIpc) is 3.14. The maximum atomic E-state index is 12.9. The van der Waals surface area contributed by atoms with Crippen LogP contribution in [0, 0.1) is 0 Å². The molecule has 7 nitrogen and oxygen atoms in total. The normalized spacial score (nSPS) is 14.2. The molecule has 1 fully saturated rings. The largest absolute Gasteiger partial charge is 0.490 e. The smallest absolute Gasteiger partial charge is 0.294 e. The number of halogens is 3. The topological polar surface area (TPSA) is 84.9 Å². The zero-order chi connectivity index (χ0) is 27.2. The quantitative estimate of drug-likeness (QED) is 0.263. The Kier molecular flexibility index (Phi) is 9.22. The van der Waals surface area contributed by atoms with Gasteiger partial charge in [0.2, 0.25) is 5.91 Å². The van der Waals surface area contributed by atoms with E-state index >= 15 is 0 Å². The summed E-state index contributed by atoms with van der Waals surface area (Å²) in [7, 11) is 0. The summed E-state index contributed by atoms with van der Waals surface area (Å²) in [5.41, 5.74) is 1.85. The minimum Gasteiger partial charge on any atom is -0.490 e. The molecule has 0 atom stereocenters. The van der Waals surface area contributed by atoms with E-state index in [1.54, 1.807) is 60.7 Å². The van der Waals surface area contributed by atoms with Crippen LogP contribution in [0.3, 0.4) is 0 Å². The summed E-state index contributed by atoms with van der Waals surface area (Å²) >= 11 is 18.9. The number of nitrogens with zero attached hydrogens (tertiary/aromatic N) is 1. The summed E-state index contributed by atoms with van der Waals surface area (Å²) in [6, 6.07) is 17.1. The molecule has 11 heteroatoms. The summed E-state index contributed by atoms with van der Waals surface area (Å²) < 4.78 is 11.6. The van der Waals surface area contributed by atoms with Gasteiger partial charge >= 0.3 is 0 Å². The van der Waals surface area contributed by atoms with Crippen molar-refractivity contribution in [2.45, 2.75) is 13.5 Å². The lowest BCUT2D eigenvalue weighted by molar-refractivity contribution is -0.127. The van der Waals surface area contributed by atoms with E-state index in [1.807, 2.05) is 13.0 Å². The summed E-state index contributed by atoms with van der Waals surface area (Å²) in [4.78, 5) is 38.9. The number of amides is 3. The van der Waals surface area contributed by atoms with E-state index < -0.39 is 23.6 Å². The van der Waals surface area contributed by atoms with Crippen LogP contribution in [0.4, 0.5) is 10.5 Å². The SMILES string of the molecule is CCOc1cc(/C=C2/SC(=O)N(CC(=O)Nc3ccccc3Cl)C2=O)ccc1OCc1ccc(Cl)c(Cl)c1. The lowest BCUT2D eigenvalue weighted by Crippen LogP contribution is -2.36. The van der Waals surface area contributed by atoms with Crippen LogP contribution in [0.1, 0.15) is 18.1 Å². The lowest BCUT2D eigenvalue weighted by Gasteiger charge is -2.13. The van der Waals surface area contributed by atoms with Gasteiger partial charge in [0.25, 0.3) is 11.1 Å². The second-order valence-electron chi connectivity index (χ2n) is 7.97. The molecule has 1 saturated heterocycles. The number of hydrogen-bond donors (Lipinski definition) is 1. The van der Waals surface area contributed by atoms with E-state index in [9.17, 15) is 14.4 Å². The molecule has 3 aromatic carbocycles. The first-order valence-electron chi connectivity index (χ1n) is 11.4. The van der Waals surface area contributed by atoms with Crippen molar-refractivity contribution < 1.29 is 23.9 Å². The van der Waals surface area contributed by atoms with Crippen LogP contribution in [0.5, 0.6) is 11.5 Å². The molecule has 1 heterocycles. The number of carbonyl (C=O) groups excluding carboxylic acids is 3. The van der Waals surface area contributed by atoms with Crippen molar-refractivity contribution in [2.75, 3.05) is 18.5 Å². The standard InChI is InChI=1S/C27H21Cl3N2O5S/c1-2-36-23-12-16(8-10-22(23)37-15-17-7-9-18(28)20(30)11-17)13-24-26(34)32(27(35)38-24)14-25(33)31-21-6-4-3-5-19(21)29/h3-13H,2,14-15H2,1H3,(H,31,33)/b24-13+. The average molecular weight is 592 g/mol. The van der Waals surface area contributed by atoms with Gasteiger partial charge in [0.05, 0.1) is 32.3 Å². The summed E-state index contributed by atoms with van der Waals surface area (Å²) in [6.45, 7) is 2.04. The van der Waals surface area contributed by atoms with E-state index in [0.29, 0.717) is 44.4 Å². The van der Waals surface area contributed by atoms with Gasteiger partial charge in [-0.15, -0.1) is 0 Å². The summed E-state index contributed by atoms with van der Waals surface area (Å²) in [5, 5.41) is 3.31. The summed E-state index contributed by atoms with van der Waals surface area (Å²) in [6.07, 6.45) is 1.57. The number of imide groups is 1. The number of rotatable bonds is 9. The Hall–Kier alpha value is -3.17. The lowest BCUT2D eigenvalue weighted by atomic mass is 10.1. The van der Waals surface area contributed by atoms with Gasteiger partial charge in [-0.1, -0.05) is 59.1 Å². The zero-order valence-electron chi connectivity index (χ0n) is 20.0. The second kappa shape index (κ2) is 12.6. The zero-order valence-corrected chi connectivity index (χ0v) is 23.1. The maximum absolute atomic E-state index is 12.9. The number of anilines is 1. The Morgan fingerprint density at radius 1 is 0.947 bits per heavy atom. The Balaban J connectivity index is 1.45. The molecule has 0 unspecified atom stereocenters. The summed E-state index contributed by atoms with van der Waals surface area (Å²) in [5.74, 6) is -0.130. The molecule has 1 aliphatic rings. The van der Waals surface area contributed by atoms with E-state index in [4.69, 9.17) is 44.3 Å². The van der Waals surface area contributed by atoms with Gasteiger partial charge < -0.3 is 14.8 Å². The Labute approximate surface area is 238 Å². The number of benzene rings is 3. The van der Waals surface area contributed by atoms with Gasteiger partial charge in [0.1, 0.15) is 13.2 Å². The minimum atomic E-state index is -0.563. The van der Waals surface area contributed by atoms with Gasteiger partial charge in [-0.05, 0) is 72.3 Å².